The molecule has 0 fully saturated rings. The van der Waals surface area contributed by atoms with E-state index in [2.05, 4.69) is 0 Å². The molecule has 0 radical (unpaired) electrons. The molecule has 0 saturated heterocycles. The van der Waals surface area contributed by atoms with Crippen molar-refractivity contribution in [3.63, 3.8) is 0 Å². The second kappa shape index (κ2) is 10.9. The van der Waals surface area contributed by atoms with E-state index in [0.29, 0.717) is 34.1 Å². The minimum atomic E-state index is -0.614. The van der Waals surface area contributed by atoms with E-state index in [1.807, 2.05) is 0 Å². The maximum atomic E-state index is 12.8. The standard InChI is InChI=1S/C26H24O7/c1-29-20-12-8-17(9-13-20)21(27)14-10-18-6-5-7-23(31-3)25(18)33-26(28)19-11-15-22(30-2)24(16-19)32-4/h5-16H,1-4H3. The minimum Gasteiger partial charge on any atom is -0.497 e. The summed E-state index contributed by atoms with van der Waals surface area (Å²) in [6, 6.07) is 16.6. The summed E-state index contributed by atoms with van der Waals surface area (Å²) in [5, 5.41) is 0. The van der Waals surface area contributed by atoms with Gasteiger partial charge in [-0.15, -0.1) is 0 Å². The van der Waals surface area contributed by atoms with Gasteiger partial charge in [0.1, 0.15) is 5.75 Å². The van der Waals surface area contributed by atoms with E-state index in [1.54, 1.807) is 67.8 Å². The zero-order valence-corrected chi connectivity index (χ0v) is 18.8. The smallest absolute Gasteiger partial charge is 0.343 e. The van der Waals surface area contributed by atoms with E-state index < -0.39 is 5.97 Å². The molecule has 0 aromatic heterocycles. The van der Waals surface area contributed by atoms with Crippen LogP contribution in [-0.2, 0) is 0 Å². The van der Waals surface area contributed by atoms with Gasteiger partial charge in [0.05, 0.1) is 34.0 Å². The molecular formula is C26H24O7. The summed E-state index contributed by atoms with van der Waals surface area (Å²) in [4.78, 5) is 25.4. The quantitative estimate of drug-likeness (QED) is 0.201. The lowest BCUT2D eigenvalue weighted by Crippen LogP contribution is -2.10. The van der Waals surface area contributed by atoms with Gasteiger partial charge in [-0.2, -0.15) is 0 Å². The largest absolute Gasteiger partial charge is 0.497 e. The van der Waals surface area contributed by atoms with Gasteiger partial charge < -0.3 is 23.7 Å². The van der Waals surface area contributed by atoms with Crippen molar-refractivity contribution >= 4 is 17.8 Å². The van der Waals surface area contributed by atoms with Crippen LogP contribution in [0.25, 0.3) is 6.08 Å². The van der Waals surface area contributed by atoms with Crippen molar-refractivity contribution in [2.45, 2.75) is 0 Å². The normalized spacial score (nSPS) is 10.5. The van der Waals surface area contributed by atoms with Crippen LogP contribution in [0.1, 0.15) is 26.3 Å². The lowest BCUT2D eigenvalue weighted by molar-refractivity contribution is 0.0728. The molecule has 3 rings (SSSR count). The summed E-state index contributed by atoms with van der Waals surface area (Å²) in [5.41, 5.74) is 1.27. The van der Waals surface area contributed by atoms with Crippen molar-refractivity contribution < 1.29 is 33.3 Å². The molecule has 33 heavy (non-hydrogen) atoms. The van der Waals surface area contributed by atoms with E-state index in [4.69, 9.17) is 23.7 Å². The van der Waals surface area contributed by atoms with Gasteiger partial charge in [0.25, 0.3) is 0 Å². The molecule has 0 aliphatic carbocycles. The summed E-state index contributed by atoms with van der Waals surface area (Å²) in [7, 11) is 6.02. The van der Waals surface area contributed by atoms with Crippen molar-refractivity contribution in [1.29, 1.82) is 0 Å². The number of ketones is 1. The SMILES string of the molecule is COc1ccc(C(=O)C=Cc2cccc(OC)c2OC(=O)c2ccc(OC)c(OC)c2)cc1. The number of methoxy groups -OCH3 is 4. The second-order valence-electron chi connectivity index (χ2n) is 6.76. The van der Waals surface area contributed by atoms with Crippen LogP contribution in [-0.4, -0.2) is 40.2 Å². The average Bonchev–Trinajstić information content (AvgIpc) is 2.87. The Kier molecular flexibility index (Phi) is 7.70. The highest BCUT2D eigenvalue weighted by molar-refractivity contribution is 6.07. The average molecular weight is 448 g/mol. The number of ether oxygens (including phenoxy) is 5. The van der Waals surface area contributed by atoms with E-state index in [-0.39, 0.29) is 17.1 Å². The van der Waals surface area contributed by atoms with Gasteiger partial charge in [-0.1, -0.05) is 12.1 Å². The third-order valence-corrected chi connectivity index (χ3v) is 4.83. The maximum absolute atomic E-state index is 12.8. The molecule has 0 amide bonds. The van der Waals surface area contributed by atoms with Crippen LogP contribution in [0.5, 0.6) is 28.7 Å². The number of carbonyl (C=O) groups is 2. The Morgan fingerprint density at radius 2 is 1.36 bits per heavy atom. The molecule has 0 aliphatic rings. The van der Waals surface area contributed by atoms with E-state index >= 15 is 0 Å². The zero-order chi connectivity index (χ0) is 23.8. The molecule has 0 spiro atoms. The molecule has 3 aromatic carbocycles. The van der Waals surface area contributed by atoms with Crippen LogP contribution in [0.15, 0.2) is 66.7 Å². The van der Waals surface area contributed by atoms with Gasteiger partial charge in [0, 0.05) is 11.1 Å². The zero-order valence-electron chi connectivity index (χ0n) is 18.8. The molecule has 0 unspecified atom stereocenters. The third-order valence-electron chi connectivity index (χ3n) is 4.83. The van der Waals surface area contributed by atoms with Crippen LogP contribution in [0.2, 0.25) is 0 Å². The first kappa shape index (κ1) is 23.4. The Morgan fingerprint density at radius 1 is 0.697 bits per heavy atom. The number of benzene rings is 3. The highest BCUT2D eigenvalue weighted by Gasteiger charge is 2.17. The number of hydrogen-bond donors (Lipinski definition) is 0. The second-order valence-corrected chi connectivity index (χ2v) is 6.76. The molecule has 7 nitrogen and oxygen atoms in total. The maximum Gasteiger partial charge on any atom is 0.343 e. The van der Waals surface area contributed by atoms with Crippen molar-refractivity contribution in [3.8, 4) is 28.7 Å². The lowest BCUT2D eigenvalue weighted by atomic mass is 10.1. The van der Waals surface area contributed by atoms with Gasteiger partial charge in [-0.05, 0) is 60.7 Å². The highest BCUT2D eigenvalue weighted by atomic mass is 16.6. The predicted molar refractivity (Wildman–Crippen MR) is 124 cm³/mol. The van der Waals surface area contributed by atoms with Gasteiger partial charge in [0.15, 0.2) is 28.8 Å². The number of rotatable bonds is 9. The fourth-order valence-corrected chi connectivity index (χ4v) is 3.07. The number of allylic oxidation sites excluding steroid dienone is 1. The van der Waals surface area contributed by atoms with E-state index in [0.717, 1.165) is 0 Å². The molecule has 3 aromatic rings. The minimum absolute atomic E-state index is 0.193. The van der Waals surface area contributed by atoms with Crippen LogP contribution in [0.4, 0.5) is 0 Å². The summed E-state index contributed by atoms with van der Waals surface area (Å²) in [6.45, 7) is 0. The first-order valence-corrected chi connectivity index (χ1v) is 9.98. The summed E-state index contributed by atoms with van der Waals surface area (Å²) >= 11 is 0. The summed E-state index contributed by atoms with van der Waals surface area (Å²) < 4.78 is 26.6. The predicted octanol–water partition coefficient (Wildman–Crippen LogP) is 4.84. The Balaban J connectivity index is 1.87. The number of carbonyl (C=O) groups excluding carboxylic acids is 2. The molecule has 7 heteroatoms. The lowest BCUT2D eigenvalue weighted by Gasteiger charge is -2.13. The Morgan fingerprint density at radius 3 is 2.00 bits per heavy atom. The topological polar surface area (TPSA) is 80.3 Å². The Labute approximate surface area is 192 Å². The fraction of sp³-hybridized carbons (Fsp3) is 0.154. The molecule has 170 valence electrons. The number of hydrogen-bond acceptors (Lipinski definition) is 7. The molecule has 0 saturated carbocycles. The summed E-state index contributed by atoms with van der Waals surface area (Å²) in [6.07, 6.45) is 2.98. The molecule has 0 N–H and O–H groups in total. The first-order chi connectivity index (χ1) is 16.0. The molecule has 0 bridgehead atoms. The molecule has 0 atom stereocenters. The van der Waals surface area contributed by atoms with Crippen LogP contribution >= 0.6 is 0 Å². The highest BCUT2D eigenvalue weighted by Crippen LogP contribution is 2.34. The van der Waals surface area contributed by atoms with Crippen molar-refractivity contribution in [1.82, 2.24) is 0 Å². The van der Waals surface area contributed by atoms with E-state index in [9.17, 15) is 9.59 Å². The van der Waals surface area contributed by atoms with Gasteiger partial charge in [-0.25, -0.2) is 4.79 Å². The van der Waals surface area contributed by atoms with E-state index in [1.165, 1.54) is 33.5 Å². The summed E-state index contributed by atoms with van der Waals surface area (Å²) in [5.74, 6) is 1.27. The van der Waals surface area contributed by atoms with Crippen molar-refractivity contribution in [2.75, 3.05) is 28.4 Å². The van der Waals surface area contributed by atoms with Gasteiger partial charge in [0.2, 0.25) is 0 Å². The first-order valence-electron chi connectivity index (χ1n) is 9.98. The van der Waals surface area contributed by atoms with Crippen molar-refractivity contribution in [3.05, 3.63) is 83.4 Å². The van der Waals surface area contributed by atoms with Crippen molar-refractivity contribution in [2.24, 2.45) is 0 Å². The number of esters is 1. The molecular weight excluding hydrogens is 424 g/mol. The number of para-hydroxylation sites is 1. The molecule has 0 aliphatic heterocycles. The molecule has 0 heterocycles. The van der Waals surface area contributed by atoms with Crippen LogP contribution in [0, 0.1) is 0 Å². The van der Waals surface area contributed by atoms with Gasteiger partial charge >= 0.3 is 5.97 Å². The Hall–Kier alpha value is -4.26. The third kappa shape index (κ3) is 5.51. The fourth-order valence-electron chi connectivity index (χ4n) is 3.07. The van der Waals surface area contributed by atoms with Crippen LogP contribution < -0.4 is 23.7 Å². The Bertz CT molecular complexity index is 1160. The van der Waals surface area contributed by atoms with Gasteiger partial charge in [-0.3, -0.25) is 4.79 Å². The van der Waals surface area contributed by atoms with Crippen LogP contribution in [0.3, 0.4) is 0 Å². The monoisotopic (exact) mass is 448 g/mol.